The largest absolute Gasteiger partial charge is 0.341 e. The lowest BCUT2D eigenvalue weighted by molar-refractivity contribution is -0.127. The molecule has 0 aromatic rings. The number of likely N-dealkylation sites (tertiary alicyclic amines) is 2. The van der Waals surface area contributed by atoms with E-state index < -0.39 is 0 Å². The molecular weight excluding hydrogens is 280 g/mol. The molecule has 0 aromatic heterocycles. The van der Waals surface area contributed by atoms with Crippen LogP contribution in [-0.2, 0) is 4.79 Å². The maximum Gasteiger partial charge on any atom is 0.223 e. The zero-order valence-corrected chi connectivity index (χ0v) is 12.1. The van der Waals surface area contributed by atoms with Crippen molar-refractivity contribution in [3.63, 3.8) is 0 Å². The molecule has 0 bridgehead atoms. The van der Waals surface area contributed by atoms with E-state index in [1.165, 1.54) is 38.8 Å². The predicted molar refractivity (Wildman–Crippen MR) is 73.4 cm³/mol. The first-order valence-electron chi connectivity index (χ1n) is 6.90. The molecule has 1 unspecified atom stereocenters. The Bertz CT molecular complexity index is 252. The number of alkyl halides is 1. The third-order valence-electron chi connectivity index (χ3n) is 3.77. The molecule has 98 valence electrons. The highest BCUT2D eigenvalue weighted by molar-refractivity contribution is 9.09. The van der Waals surface area contributed by atoms with Crippen molar-refractivity contribution in [1.29, 1.82) is 0 Å². The lowest BCUT2D eigenvalue weighted by atomic mass is 10.2. The van der Waals surface area contributed by atoms with E-state index in [9.17, 15) is 4.79 Å². The molecule has 2 heterocycles. The van der Waals surface area contributed by atoms with Gasteiger partial charge in [0.25, 0.3) is 0 Å². The van der Waals surface area contributed by atoms with E-state index in [0.717, 1.165) is 26.1 Å². The molecule has 3 nitrogen and oxygen atoms in total. The number of nitrogens with zero attached hydrogens (tertiary/aromatic N) is 2. The van der Waals surface area contributed by atoms with Crippen molar-refractivity contribution in [3.8, 4) is 0 Å². The normalized spacial score (nSPS) is 27.5. The van der Waals surface area contributed by atoms with Crippen LogP contribution in [0.5, 0.6) is 0 Å². The number of carbonyl (C=O) groups excluding carboxylic acids is 1. The SMILES string of the molecule is O=C1CC(Br)CN1CCCN1CCCCCC1. The number of amides is 1. The fourth-order valence-corrected chi connectivity index (χ4v) is 3.41. The minimum Gasteiger partial charge on any atom is -0.341 e. The Kier molecular flexibility index (Phi) is 5.29. The van der Waals surface area contributed by atoms with Crippen LogP contribution in [0.1, 0.15) is 38.5 Å². The number of halogens is 1. The summed E-state index contributed by atoms with van der Waals surface area (Å²) in [6, 6.07) is 0. The molecule has 2 aliphatic heterocycles. The Morgan fingerprint density at radius 2 is 1.82 bits per heavy atom. The zero-order valence-electron chi connectivity index (χ0n) is 10.5. The van der Waals surface area contributed by atoms with E-state index >= 15 is 0 Å². The molecule has 0 radical (unpaired) electrons. The van der Waals surface area contributed by atoms with Crippen LogP contribution >= 0.6 is 15.9 Å². The van der Waals surface area contributed by atoms with Gasteiger partial charge < -0.3 is 9.80 Å². The summed E-state index contributed by atoms with van der Waals surface area (Å²) in [5, 5.41) is 0. The van der Waals surface area contributed by atoms with Crippen LogP contribution in [0.25, 0.3) is 0 Å². The standard InChI is InChI=1S/C13H23BrN2O/c14-12-10-13(17)16(11-12)9-5-8-15-6-3-1-2-4-7-15/h12H,1-11H2. The lowest BCUT2D eigenvalue weighted by Crippen LogP contribution is -2.31. The molecule has 2 rings (SSSR count). The van der Waals surface area contributed by atoms with Crippen molar-refractivity contribution in [1.82, 2.24) is 9.80 Å². The van der Waals surface area contributed by atoms with E-state index in [-0.39, 0.29) is 0 Å². The minimum atomic E-state index is 0.322. The molecule has 0 spiro atoms. The first kappa shape index (κ1) is 13.3. The van der Waals surface area contributed by atoms with Gasteiger partial charge in [-0.25, -0.2) is 0 Å². The highest BCUT2D eigenvalue weighted by Gasteiger charge is 2.26. The molecule has 2 aliphatic rings. The molecule has 2 saturated heterocycles. The molecule has 17 heavy (non-hydrogen) atoms. The highest BCUT2D eigenvalue weighted by atomic mass is 79.9. The summed E-state index contributed by atoms with van der Waals surface area (Å²) in [5.41, 5.74) is 0. The smallest absolute Gasteiger partial charge is 0.223 e. The van der Waals surface area contributed by atoms with Gasteiger partial charge in [-0.05, 0) is 38.9 Å². The second-order valence-electron chi connectivity index (χ2n) is 5.25. The van der Waals surface area contributed by atoms with Crippen molar-refractivity contribution in [2.75, 3.05) is 32.7 Å². The number of rotatable bonds is 4. The average Bonchev–Trinajstić information content (AvgIpc) is 2.54. The van der Waals surface area contributed by atoms with Crippen molar-refractivity contribution >= 4 is 21.8 Å². The van der Waals surface area contributed by atoms with Gasteiger partial charge in [0.15, 0.2) is 0 Å². The van der Waals surface area contributed by atoms with Crippen LogP contribution in [0.15, 0.2) is 0 Å². The van der Waals surface area contributed by atoms with Crippen molar-refractivity contribution in [2.45, 2.75) is 43.4 Å². The topological polar surface area (TPSA) is 23.6 Å². The van der Waals surface area contributed by atoms with E-state index in [1.54, 1.807) is 0 Å². The first-order valence-corrected chi connectivity index (χ1v) is 7.81. The monoisotopic (exact) mass is 302 g/mol. The average molecular weight is 303 g/mol. The van der Waals surface area contributed by atoms with Crippen LogP contribution in [-0.4, -0.2) is 53.3 Å². The van der Waals surface area contributed by atoms with E-state index in [0.29, 0.717) is 17.2 Å². The molecular formula is C13H23BrN2O. The summed E-state index contributed by atoms with van der Waals surface area (Å²) in [7, 11) is 0. The Morgan fingerprint density at radius 1 is 1.12 bits per heavy atom. The Labute approximate surface area is 113 Å². The van der Waals surface area contributed by atoms with Gasteiger partial charge in [0.2, 0.25) is 5.91 Å². The molecule has 1 amide bonds. The Morgan fingerprint density at radius 3 is 2.41 bits per heavy atom. The van der Waals surface area contributed by atoms with E-state index in [2.05, 4.69) is 20.8 Å². The second kappa shape index (κ2) is 6.74. The van der Waals surface area contributed by atoms with Gasteiger partial charge >= 0.3 is 0 Å². The number of carbonyl (C=O) groups is 1. The summed E-state index contributed by atoms with van der Waals surface area (Å²) >= 11 is 3.53. The van der Waals surface area contributed by atoms with Gasteiger partial charge in [-0.2, -0.15) is 0 Å². The van der Waals surface area contributed by atoms with Crippen LogP contribution in [0.2, 0.25) is 0 Å². The number of hydrogen-bond acceptors (Lipinski definition) is 2. The third-order valence-corrected chi connectivity index (χ3v) is 4.38. The van der Waals surface area contributed by atoms with E-state index in [4.69, 9.17) is 0 Å². The second-order valence-corrected chi connectivity index (χ2v) is 6.55. The van der Waals surface area contributed by atoms with Crippen molar-refractivity contribution in [2.24, 2.45) is 0 Å². The van der Waals surface area contributed by atoms with Gasteiger partial charge in [-0.15, -0.1) is 0 Å². The van der Waals surface area contributed by atoms with Crippen LogP contribution in [0, 0.1) is 0 Å². The van der Waals surface area contributed by atoms with Crippen LogP contribution < -0.4 is 0 Å². The maximum absolute atomic E-state index is 11.6. The van der Waals surface area contributed by atoms with Gasteiger partial charge in [-0.1, -0.05) is 28.8 Å². The van der Waals surface area contributed by atoms with E-state index in [1.807, 2.05) is 4.90 Å². The fourth-order valence-electron chi connectivity index (χ4n) is 2.79. The van der Waals surface area contributed by atoms with Gasteiger partial charge in [-0.3, -0.25) is 4.79 Å². The Hall–Kier alpha value is -0.0900. The predicted octanol–water partition coefficient (Wildman–Crippen LogP) is 2.25. The van der Waals surface area contributed by atoms with Gasteiger partial charge in [0.05, 0.1) is 0 Å². The summed E-state index contributed by atoms with van der Waals surface area (Å²) in [4.78, 5) is 16.6. The van der Waals surface area contributed by atoms with Crippen molar-refractivity contribution < 1.29 is 4.79 Å². The van der Waals surface area contributed by atoms with Crippen molar-refractivity contribution in [3.05, 3.63) is 0 Å². The maximum atomic E-state index is 11.6. The highest BCUT2D eigenvalue weighted by Crippen LogP contribution is 2.18. The summed E-state index contributed by atoms with van der Waals surface area (Å²) in [5.74, 6) is 0.322. The van der Waals surface area contributed by atoms with Gasteiger partial charge in [0, 0.05) is 24.3 Å². The van der Waals surface area contributed by atoms with Crippen LogP contribution in [0.4, 0.5) is 0 Å². The Balaban J connectivity index is 1.63. The minimum absolute atomic E-state index is 0.322. The van der Waals surface area contributed by atoms with Gasteiger partial charge in [0.1, 0.15) is 0 Å². The summed E-state index contributed by atoms with van der Waals surface area (Å²) in [6.07, 6.45) is 7.31. The lowest BCUT2D eigenvalue weighted by Gasteiger charge is -2.22. The fraction of sp³-hybridized carbons (Fsp3) is 0.923. The van der Waals surface area contributed by atoms with Crippen LogP contribution in [0.3, 0.4) is 0 Å². The summed E-state index contributed by atoms with van der Waals surface area (Å²) in [6.45, 7) is 5.52. The zero-order chi connectivity index (χ0) is 12.1. The molecule has 4 heteroatoms. The number of hydrogen-bond donors (Lipinski definition) is 0. The molecule has 0 aromatic carbocycles. The molecule has 0 saturated carbocycles. The summed E-state index contributed by atoms with van der Waals surface area (Å²) < 4.78 is 0. The quantitative estimate of drug-likeness (QED) is 0.744. The third kappa shape index (κ3) is 4.25. The first-order chi connectivity index (χ1) is 8.25. The molecule has 0 aliphatic carbocycles. The molecule has 1 atom stereocenters. The molecule has 2 fully saturated rings. The molecule has 0 N–H and O–H groups in total.